The van der Waals surface area contributed by atoms with E-state index in [0.717, 1.165) is 5.56 Å². The molecule has 142 valence electrons. The smallest absolute Gasteiger partial charge is 0.257 e. The van der Waals surface area contributed by atoms with Crippen molar-refractivity contribution in [3.8, 4) is 17.3 Å². The Balaban J connectivity index is 1.73. The summed E-state index contributed by atoms with van der Waals surface area (Å²) in [5.74, 6) is -0.366. The zero-order chi connectivity index (χ0) is 20.3. The summed E-state index contributed by atoms with van der Waals surface area (Å²) >= 11 is 1.28. The molecule has 1 amide bonds. The first-order valence-electron chi connectivity index (χ1n) is 8.42. The van der Waals surface area contributed by atoms with E-state index in [2.05, 4.69) is 16.4 Å². The minimum absolute atomic E-state index is 0.191. The van der Waals surface area contributed by atoms with Crippen LogP contribution in [0, 0.1) is 11.3 Å². The van der Waals surface area contributed by atoms with E-state index in [4.69, 9.17) is 5.26 Å². The molecule has 0 saturated carbocycles. The number of hydrogen-bond donors (Lipinski definition) is 1. The number of sulfone groups is 1. The van der Waals surface area contributed by atoms with Crippen LogP contribution in [0.5, 0.6) is 0 Å². The summed E-state index contributed by atoms with van der Waals surface area (Å²) in [5.41, 5.74) is 2.45. The Morgan fingerprint density at radius 2 is 1.75 bits per heavy atom. The van der Waals surface area contributed by atoms with Crippen molar-refractivity contribution in [2.45, 2.75) is 24.0 Å². The second kappa shape index (κ2) is 7.92. The molecule has 1 heterocycles. The van der Waals surface area contributed by atoms with E-state index < -0.39 is 15.1 Å². The number of nitrogens with one attached hydrogen (secondary N) is 1. The van der Waals surface area contributed by atoms with Gasteiger partial charge in [-0.1, -0.05) is 12.1 Å². The highest BCUT2D eigenvalue weighted by Gasteiger charge is 2.19. The second-order valence-electron chi connectivity index (χ2n) is 6.30. The van der Waals surface area contributed by atoms with Crippen molar-refractivity contribution in [2.75, 3.05) is 5.32 Å². The van der Waals surface area contributed by atoms with Gasteiger partial charge >= 0.3 is 0 Å². The maximum absolute atomic E-state index is 12.4. The van der Waals surface area contributed by atoms with Crippen molar-refractivity contribution in [3.63, 3.8) is 0 Å². The molecule has 0 radical (unpaired) electrons. The number of hydrogen-bond acceptors (Lipinski definition) is 6. The predicted molar refractivity (Wildman–Crippen MR) is 109 cm³/mol. The van der Waals surface area contributed by atoms with Crippen molar-refractivity contribution >= 4 is 32.2 Å². The van der Waals surface area contributed by atoms with Gasteiger partial charge in [0.2, 0.25) is 0 Å². The Labute approximate surface area is 167 Å². The van der Waals surface area contributed by atoms with Gasteiger partial charge in [-0.2, -0.15) is 5.26 Å². The number of anilines is 1. The number of amides is 1. The van der Waals surface area contributed by atoms with E-state index in [9.17, 15) is 13.2 Å². The van der Waals surface area contributed by atoms with Crippen LogP contribution in [-0.4, -0.2) is 24.6 Å². The molecule has 0 aliphatic carbocycles. The molecule has 0 atom stereocenters. The third-order valence-electron chi connectivity index (χ3n) is 4.10. The maximum Gasteiger partial charge on any atom is 0.257 e. The van der Waals surface area contributed by atoms with Gasteiger partial charge in [-0.25, -0.2) is 13.4 Å². The van der Waals surface area contributed by atoms with E-state index in [0.29, 0.717) is 22.0 Å². The van der Waals surface area contributed by atoms with Crippen LogP contribution in [0.1, 0.15) is 29.8 Å². The molecule has 0 spiro atoms. The molecular formula is C20H17N3O3S2. The highest BCUT2D eigenvalue weighted by atomic mass is 32.2. The molecule has 2 aromatic carbocycles. The summed E-state index contributed by atoms with van der Waals surface area (Å²) in [6, 6.07) is 14.9. The first-order valence-corrected chi connectivity index (χ1v) is 10.9. The first kappa shape index (κ1) is 19.7. The maximum atomic E-state index is 12.4. The third kappa shape index (κ3) is 4.11. The standard InChI is InChI=1S/C20H17N3O3S2/c1-13(2)28(25,26)17-9-7-16(8-10-17)19(24)23-20-22-18(12-27-20)15-5-3-14(11-21)4-6-15/h3-10,12-13H,1-2H3,(H,22,23,24). The van der Waals surface area contributed by atoms with Crippen molar-refractivity contribution < 1.29 is 13.2 Å². The Morgan fingerprint density at radius 1 is 1.11 bits per heavy atom. The lowest BCUT2D eigenvalue weighted by Gasteiger charge is -2.08. The predicted octanol–water partition coefficient (Wildman–Crippen LogP) is 4.12. The lowest BCUT2D eigenvalue weighted by Crippen LogP contribution is -2.15. The van der Waals surface area contributed by atoms with Crippen molar-refractivity contribution in [1.82, 2.24) is 4.98 Å². The molecule has 3 rings (SSSR count). The summed E-state index contributed by atoms with van der Waals surface area (Å²) < 4.78 is 24.3. The molecular weight excluding hydrogens is 394 g/mol. The van der Waals surface area contributed by atoms with Gasteiger partial charge in [0.05, 0.1) is 27.5 Å². The molecule has 6 nitrogen and oxygen atoms in total. The number of aromatic nitrogens is 1. The SMILES string of the molecule is CC(C)S(=O)(=O)c1ccc(C(=O)Nc2nc(-c3ccc(C#N)cc3)cs2)cc1. The fourth-order valence-electron chi connectivity index (χ4n) is 2.42. The topological polar surface area (TPSA) is 99.9 Å². The monoisotopic (exact) mass is 411 g/mol. The molecule has 28 heavy (non-hydrogen) atoms. The number of nitriles is 1. The molecule has 8 heteroatoms. The fourth-order valence-corrected chi connectivity index (χ4v) is 4.19. The molecule has 0 aliphatic rings. The Hall–Kier alpha value is -3.02. The van der Waals surface area contributed by atoms with Gasteiger partial charge < -0.3 is 0 Å². The van der Waals surface area contributed by atoms with Crippen LogP contribution in [-0.2, 0) is 9.84 Å². The minimum atomic E-state index is -3.37. The number of carbonyl (C=O) groups excluding carboxylic acids is 1. The van der Waals surface area contributed by atoms with E-state index in [1.807, 2.05) is 5.38 Å². The van der Waals surface area contributed by atoms with E-state index >= 15 is 0 Å². The van der Waals surface area contributed by atoms with Gasteiger partial charge in [0, 0.05) is 16.5 Å². The summed E-state index contributed by atoms with van der Waals surface area (Å²) in [5, 5.41) is 13.3. The first-order chi connectivity index (χ1) is 13.3. The fraction of sp³-hybridized carbons (Fsp3) is 0.150. The average molecular weight is 412 g/mol. The van der Waals surface area contributed by atoms with Gasteiger partial charge in [-0.15, -0.1) is 11.3 Å². The van der Waals surface area contributed by atoms with Crippen LogP contribution in [0.2, 0.25) is 0 Å². The largest absolute Gasteiger partial charge is 0.298 e. The highest BCUT2D eigenvalue weighted by Crippen LogP contribution is 2.25. The van der Waals surface area contributed by atoms with Gasteiger partial charge in [0.25, 0.3) is 5.91 Å². The molecule has 1 N–H and O–H groups in total. The molecule has 0 aliphatic heterocycles. The molecule has 0 fully saturated rings. The number of rotatable bonds is 5. The van der Waals surface area contributed by atoms with E-state index in [1.54, 1.807) is 38.1 Å². The number of benzene rings is 2. The quantitative estimate of drug-likeness (QED) is 0.681. The normalized spacial score (nSPS) is 11.2. The number of carbonyl (C=O) groups is 1. The number of nitrogens with zero attached hydrogens (tertiary/aromatic N) is 2. The second-order valence-corrected chi connectivity index (χ2v) is 9.66. The minimum Gasteiger partial charge on any atom is -0.298 e. The zero-order valence-corrected chi connectivity index (χ0v) is 16.8. The molecule has 3 aromatic rings. The van der Waals surface area contributed by atoms with Crippen LogP contribution >= 0.6 is 11.3 Å². The molecule has 0 unspecified atom stereocenters. The van der Waals surface area contributed by atoms with Gasteiger partial charge in [-0.05, 0) is 50.2 Å². The van der Waals surface area contributed by atoms with Gasteiger partial charge in [0.15, 0.2) is 15.0 Å². The highest BCUT2D eigenvalue weighted by molar-refractivity contribution is 7.92. The number of thiazole rings is 1. The summed E-state index contributed by atoms with van der Waals surface area (Å²) in [4.78, 5) is 17.0. The molecule has 0 saturated heterocycles. The Morgan fingerprint density at radius 3 is 2.32 bits per heavy atom. The van der Waals surface area contributed by atoms with Crippen LogP contribution in [0.3, 0.4) is 0 Å². The summed E-state index contributed by atoms with van der Waals surface area (Å²) in [7, 11) is -3.37. The molecule has 0 bridgehead atoms. The van der Waals surface area contributed by atoms with E-state index in [1.165, 1.54) is 35.6 Å². The lowest BCUT2D eigenvalue weighted by atomic mass is 10.1. The van der Waals surface area contributed by atoms with Crippen LogP contribution in [0.4, 0.5) is 5.13 Å². The van der Waals surface area contributed by atoms with Crippen LogP contribution in [0.25, 0.3) is 11.3 Å². The summed E-state index contributed by atoms with van der Waals surface area (Å²) in [6.45, 7) is 3.23. The zero-order valence-electron chi connectivity index (χ0n) is 15.2. The van der Waals surface area contributed by atoms with Crippen molar-refractivity contribution in [3.05, 3.63) is 65.0 Å². The average Bonchev–Trinajstić information content (AvgIpc) is 3.16. The van der Waals surface area contributed by atoms with E-state index in [-0.39, 0.29) is 10.8 Å². The van der Waals surface area contributed by atoms with Crippen LogP contribution in [0.15, 0.2) is 58.8 Å². The lowest BCUT2D eigenvalue weighted by molar-refractivity contribution is 0.102. The van der Waals surface area contributed by atoms with Crippen molar-refractivity contribution in [2.24, 2.45) is 0 Å². The van der Waals surface area contributed by atoms with Crippen molar-refractivity contribution in [1.29, 1.82) is 5.26 Å². The van der Waals surface area contributed by atoms with Gasteiger partial charge in [-0.3, -0.25) is 10.1 Å². The summed E-state index contributed by atoms with van der Waals surface area (Å²) in [6.07, 6.45) is 0. The Bertz CT molecular complexity index is 1140. The Kier molecular flexibility index (Phi) is 5.58. The van der Waals surface area contributed by atoms with Crippen LogP contribution < -0.4 is 5.32 Å². The van der Waals surface area contributed by atoms with Gasteiger partial charge in [0.1, 0.15) is 0 Å². The molecule has 1 aromatic heterocycles. The third-order valence-corrected chi connectivity index (χ3v) is 7.03.